The maximum atomic E-state index is 12.3. The Morgan fingerprint density at radius 3 is 2.65 bits per heavy atom. The van der Waals surface area contributed by atoms with Crippen molar-refractivity contribution in [2.24, 2.45) is 0 Å². The number of H-pyrrole nitrogens is 2. The molecule has 132 valence electrons. The van der Waals surface area contributed by atoms with Gasteiger partial charge in [0.15, 0.2) is 0 Å². The molecule has 1 amide bonds. The number of carbonyl (C=O) groups is 1. The molecule has 2 aromatic carbocycles. The van der Waals surface area contributed by atoms with Gasteiger partial charge < -0.3 is 15.3 Å². The van der Waals surface area contributed by atoms with Crippen LogP contribution < -0.4 is 5.32 Å². The molecule has 2 aromatic heterocycles. The first-order chi connectivity index (χ1) is 12.7. The Hall–Kier alpha value is -3.08. The van der Waals surface area contributed by atoms with Crippen molar-refractivity contribution in [3.8, 4) is 0 Å². The van der Waals surface area contributed by atoms with Gasteiger partial charge in [0.05, 0.1) is 17.5 Å². The first-order valence-corrected chi connectivity index (χ1v) is 8.97. The van der Waals surface area contributed by atoms with E-state index in [4.69, 9.17) is 0 Å². The van der Waals surface area contributed by atoms with Crippen molar-refractivity contribution < 1.29 is 4.79 Å². The van der Waals surface area contributed by atoms with Gasteiger partial charge in [-0.2, -0.15) is 0 Å². The summed E-state index contributed by atoms with van der Waals surface area (Å²) in [5.41, 5.74) is 5.26. The van der Waals surface area contributed by atoms with E-state index in [1.807, 2.05) is 49.4 Å². The Balaban J connectivity index is 1.30. The summed E-state index contributed by atoms with van der Waals surface area (Å²) in [4.78, 5) is 23.5. The first kappa shape index (κ1) is 16.4. The van der Waals surface area contributed by atoms with Gasteiger partial charge in [-0.15, -0.1) is 0 Å². The second-order valence-corrected chi connectivity index (χ2v) is 6.61. The fourth-order valence-electron chi connectivity index (χ4n) is 3.39. The van der Waals surface area contributed by atoms with Crippen LogP contribution in [0, 0.1) is 6.92 Å². The molecule has 0 unspecified atom stereocenters. The Morgan fingerprint density at radius 1 is 1.04 bits per heavy atom. The minimum atomic E-state index is 0.0578. The zero-order chi connectivity index (χ0) is 17.9. The van der Waals surface area contributed by atoms with E-state index in [1.54, 1.807) is 0 Å². The van der Waals surface area contributed by atoms with Crippen molar-refractivity contribution in [2.45, 2.75) is 26.2 Å². The van der Waals surface area contributed by atoms with Crippen molar-refractivity contribution in [2.75, 3.05) is 6.54 Å². The summed E-state index contributed by atoms with van der Waals surface area (Å²) in [6.07, 6.45) is 2.08. The highest BCUT2D eigenvalue weighted by Gasteiger charge is 2.12. The van der Waals surface area contributed by atoms with Gasteiger partial charge in [-0.1, -0.05) is 30.3 Å². The minimum Gasteiger partial charge on any atom is -0.358 e. The molecule has 0 aliphatic rings. The SMILES string of the molecule is Cc1[nH]c2ccccc2c1CC(=O)NCCCc1nc2ccccc2[nH]1. The van der Waals surface area contributed by atoms with E-state index in [9.17, 15) is 4.79 Å². The summed E-state index contributed by atoms with van der Waals surface area (Å²) in [6, 6.07) is 16.1. The maximum absolute atomic E-state index is 12.3. The average molecular weight is 346 g/mol. The smallest absolute Gasteiger partial charge is 0.224 e. The number of imidazole rings is 1. The summed E-state index contributed by atoms with van der Waals surface area (Å²) < 4.78 is 0. The fourth-order valence-corrected chi connectivity index (χ4v) is 3.39. The summed E-state index contributed by atoms with van der Waals surface area (Å²) >= 11 is 0. The predicted octanol–water partition coefficient (Wildman–Crippen LogP) is 3.64. The maximum Gasteiger partial charge on any atom is 0.224 e. The van der Waals surface area contributed by atoms with E-state index in [0.717, 1.165) is 51.9 Å². The largest absolute Gasteiger partial charge is 0.358 e. The van der Waals surface area contributed by atoms with E-state index in [0.29, 0.717) is 13.0 Å². The molecule has 4 rings (SSSR count). The van der Waals surface area contributed by atoms with Crippen molar-refractivity contribution in [3.63, 3.8) is 0 Å². The van der Waals surface area contributed by atoms with Crippen molar-refractivity contribution >= 4 is 27.8 Å². The summed E-state index contributed by atoms with van der Waals surface area (Å²) in [5, 5.41) is 4.15. The van der Waals surface area contributed by atoms with Crippen LogP contribution >= 0.6 is 0 Å². The molecule has 5 nitrogen and oxygen atoms in total. The lowest BCUT2D eigenvalue weighted by Crippen LogP contribution is -2.26. The summed E-state index contributed by atoms with van der Waals surface area (Å²) in [5.74, 6) is 1.02. The molecule has 0 atom stereocenters. The van der Waals surface area contributed by atoms with Gasteiger partial charge in [-0.3, -0.25) is 4.79 Å². The number of carbonyl (C=O) groups excluding carboxylic acids is 1. The second kappa shape index (κ2) is 7.04. The number of amides is 1. The normalized spacial score (nSPS) is 11.3. The molecule has 0 spiro atoms. The third-order valence-electron chi connectivity index (χ3n) is 4.72. The highest BCUT2D eigenvalue weighted by atomic mass is 16.1. The van der Waals surface area contributed by atoms with Crippen LogP contribution in [-0.4, -0.2) is 27.4 Å². The first-order valence-electron chi connectivity index (χ1n) is 8.97. The Morgan fingerprint density at radius 2 is 1.81 bits per heavy atom. The summed E-state index contributed by atoms with van der Waals surface area (Å²) in [6.45, 7) is 2.67. The number of aromatic nitrogens is 3. The van der Waals surface area contributed by atoms with Gasteiger partial charge in [0.2, 0.25) is 5.91 Å². The Labute approximate surface area is 151 Å². The lowest BCUT2D eigenvalue weighted by atomic mass is 10.1. The zero-order valence-electron chi connectivity index (χ0n) is 14.8. The van der Waals surface area contributed by atoms with Crippen LogP contribution in [0.15, 0.2) is 48.5 Å². The highest BCUT2D eigenvalue weighted by molar-refractivity contribution is 5.90. The number of aromatic amines is 2. The molecule has 0 radical (unpaired) electrons. The van der Waals surface area contributed by atoms with Gasteiger partial charge in [0.25, 0.3) is 0 Å². The monoisotopic (exact) mass is 346 g/mol. The fraction of sp³-hybridized carbons (Fsp3) is 0.238. The van der Waals surface area contributed by atoms with Crippen LogP contribution in [0.1, 0.15) is 23.5 Å². The van der Waals surface area contributed by atoms with Crippen molar-refractivity contribution in [3.05, 3.63) is 65.6 Å². The number of hydrogen-bond donors (Lipinski definition) is 3. The van der Waals surface area contributed by atoms with Crippen LogP contribution in [0.4, 0.5) is 0 Å². The number of hydrogen-bond acceptors (Lipinski definition) is 2. The minimum absolute atomic E-state index is 0.0578. The molecule has 2 heterocycles. The van der Waals surface area contributed by atoms with Crippen molar-refractivity contribution in [1.29, 1.82) is 0 Å². The molecular formula is C21H22N4O. The van der Waals surface area contributed by atoms with E-state index >= 15 is 0 Å². The van der Waals surface area contributed by atoms with E-state index in [-0.39, 0.29) is 5.91 Å². The molecule has 3 N–H and O–H groups in total. The third-order valence-corrected chi connectivity index (χ3v) is 4.72. The molecule has 0 fully saturated rings. The average Bonchev–Trinajstić information content (AvgIpc) is 3.19. The number of nitrogens with zero attached hydrogens (tertiary/aromatic N) is 1. The van der Waals surface area contributed by atoms with Gasteiger partial charge >= 0.3 is 0 Å². The Kier molecular flexibility index (Phi) is 4.44. The van der Waals surface area contributed by atoms with Crippen molar-refractivity contribution in [1.82, 2.24) is 20.3 Å². The van der Waals surface area contributed by atoms with Crippen LogP contribution in [-0.2, 0) is 17.6 Å². The number of nitrogens with one attached hydrogen (secondary N) is 3. The van der Waals surface area contributed by atoms with Gasteiger partial charge in [0.1, 0.15) is 5.82 Å². The van der Waals surface area contributed by atoms with Crippen LogP contribution in [0.3, 0.4) is 0 Å². The molecule has 0 saturated carbocycles. The molecule has 26 heavy (non-hydrogen) atoms. The number of rotatable bonds is 6. The second-order valence-electron chi connectivity index (χ2n) is 6.61. The number of benzene rings is 2. The number of fused-ring (bicyclic) bond motifs is 2. The van der Waals surface area contributed by atoms with Crippen LogP contribution in [0.2, 0.25) is 0 Å². The predicted molar refractivity (Wildman–Crippen MR) is 104 cm³/mol. The molecular weight excluding hydrogens is 324 g/mol. The lowest BCUT2D eigenvalue weighted by Gasteiger charge is -2.05. The topological polar surface area (TPSA) is 73.6 Å². The summed E-state index contributed by atoms with van der Waals surface area (Å²) in [7, 11) is 0. The van der Waals surface area contributed by atoms with E-state index in [1.165, 1.54) is 0 Å². The van der Waals surface area contributed by atoms with Crippen LogP contribution in [0.5, 0.6) is 0 Å². The molecule has 0 aliphatic heterocycles. The molecule has 0 bridgehead atoms. The Bertz CT molecular complexity index is 1030. The van der Waals surface area contributed by atoms with Crippen LogP contribution in [0.25, 0.3) is 21.9 Å². The van der Waals surface area contributed by atoms with Gasteiger partial charge in [-0.05, 0) is 37.1 Å². The van der Waals surface area contributed by atoms with E-state index < -0.39 is 0 Å². The number of aryl methyl sites for hydroxylation is 2. The number of para-hydroxylation sites is 3. The third kappa shape index (κ3) is 3.33. The molecule has 0 aliphatic carbocycles. The molecule has 4 aromatic rings. The molecule has 5 heteroatoms. The standard InChI is InChI=1S/C21H22N4O/c1-14-16(15-7-2-3-8-17(15)23-14)13-21(26)22-12-6-11-20-24-18-9-4-5-10-19(18)25-20/h2-5,7-10,23H,6,11-13H2,1H3,(H,22,26)(H,24,25). The zero-order valence-corrected chi connectivity index (χ0v) is 14.8. The molecule has 0 saturated heterocycles. The highest BCUT2D eigenvalue weighted by Crippen LogP contribution is 2.22. The van der Waals surface area contributed by atoms with Gasteiger partial charge in [-0.25, -0.2) is 4.98 Å². The van der Waals surface area contributed by atoms with Gasteiger partial charge in [0, 0.05) is 29.6 Å². The van der Waals surface area contributed by atoms with E-state index in [2.05, 4.69) is 26.3 Å². The lowest BCUT2D eigenvalue weighted by molar-refractivity contribution is -0.120. The quantitative estimate of drug-likeness (QED) is 0.466.